The Morgan fingerprint density at radius 3 is 2.55 bits per heavy atom. The van der Waals surface area contributed by atoms with E-state index in [1.807, 2.05) is 44.3 Å². The van der Waals surface area contributed by atoms with Gasteiger partial charge in [0.15, 0.2) is 0 Å². The first-order chi connectivity index (χ1) is 13.9. The summed E-state index contributed by atoms with van der Waals surface area (Å²) in [5.41, 5.74) is 4.43. The van der Waals surface area contributed by atoms with E-state index >= 15 is 0 Å². The van der Waals surface area contributed by atoms with E-state index in [0.29, 0.717) is 18.7 Å². The maximum absolute atomic E-state index is 12.5. The van der Waals surface area contributed by atoms with Crippen LogP contribution >= 0.6 is 0 Å². The molecule has 1 aromatic carbocycles. The molecule has 150 valence electrons. The molecule has 2 aromatic heterocycles. The summed E-state index contributed by atoms with van der Waals surface area (Å²) < 4.78 is 1.64. The summed E-state index contributed by atoms with van der Waals surface area (Å²) in [5, 5.41) is 7.12. The molecule has 2 amide bonds. The number of hydrogen-bond donors (Lipinski definition) is 1. The summed E-state index contributed by atoms with van der Waals surface area (Å²) in [6.45, 7) is 4.84. The lowest BCUT2D eigenvalue weighted by atomic mass is 10.1. The molecule has 0 unspecified atom stereocenters. The second kappa shape index (κ2) is 9.14. The van der Waals surface area contributed by atoms with Crippen molar-refractivity contribution in [2.24, 2.45) is 0 Å². The number of aryl methyl sites for hydroxylation is 2. The Morgan fingerprint density at radius 2 is 1.86 bits per heavy atom. The van der Waals surface area contributed by atoms with Gasteiger partial charge < -0.3 is 10.2 Å². The molecule has 29 heavy (non-hydrogen) atoms. The van der Waals surface area contributed by atoms with Gasteiger partial charge in [0, 0.05) is 44.3 Å². The lowest BCUT2D eigenvalue weighted by molar-refractivity contribution is -0.131. The third-order valence-corrected chi connectivity index (χ3v) is 4.72. The molecule has 0 atom stereocenters. The highest BCUT2D eigenvalue weighted by Crippen LogP contribution is 2.13. The Hall–Kier alpha value is -3.48. The van der Waals surface area contributed by atoms with E-state index in [9.17, 15) is 9.59 Å². The smallest absolute Gasteiger partial charge is 0.251 e. The Labute approximate surface area is 170 Å². The van der Waals surface area contributed by atoms with E-state index in [1.165, 1.54) is 0 Å². The third-order valence-electron chi connectivity index (χ3n) is 4.72. The number of aromatic nitrogens is 3. The van der Waals surface area contributed by atoms with Crippen molar-refractivity contribution in [2.75, 3.05) is 7.05 Å². The predicted molar refractivity (Wildman–Crippen MR) is 110 cm³/mol. The Balaban J connectivity index is 1.63. The fourth-order valence-corrected chi connectivity index (χ4v) is 3.04. The molecule has 3 aromatic rings. The van der Waals surface area contributed by atoms with E-state index in [2.05, 4.69) is 15.4 Å². The zero-order chi connectivity index (χ0) is 20.8. The van der Waals surface area contributed by atoms with Gasteiger partial charge in [-0.1, -0.05) is 24.3 Å². The van der Waals surface area contributed by atoms with Crippen molar-refractivity contribution >= 4 is 11.8 Å². The van der Waals surface area contributed by atoms with Gasteiger partial charge in [0.25, 0.3) is 5.91 Å². The fourth-order valence-electron chi connectivity index (χ4n) is 3.04. The number of carbonyl (C=O) groups excluding carboxylic acids is 2. The van der Waals surface area contributed by atoms with Gasteiger partial charge in [0.1, 0.15) is 6.54 Å². The summed E-state index contributed by atoms with van der Waals surface area (Å²) in [6.07, 6.45) is 6.86. The summed E-state index contributed by atoms with van der Waals surface area (Å²) in [4.78, 5) is 30.7. The molecule has 1 N–H and O–H groups in total. The first-order valence-electron chi connectivity index (χ1n) is 9.42. The monoisotopic (exact) mass is 391 g/mol. The molecule has 0 radical (unpaired) electrons. The van der Waals surface area contributed by atoms with Crippen molar-refractivity contribution in [3.8, 4) is 0 Å². The quantitative estimate of drug-likeness (QED) is 0.671. The molecule has 0 saturated carbocycles. The first-order valence-corrected chi connectivity index (χ1v) is 9.42. The molecule has 7 heteroatoms. The average molecular weight is 391 g/mol. The average Bonchev–Trinajstić information content (AvgIpc) is 3.12. The molecule has 3 rings (SSSR count). The topological polar surface area (TPSA) is 80.1 Å². The van der Waals surface area contributed by atoms with E-state index in [1.54, 1.807) is 41.3 Å². The number of likely N-dealkylation sites (N-methyl/N-ethyl adjacent to an activating group) is 1. The number of pyridine rings is 1. The second-order valence-electron chi connectivity index (χ2n) is 7.11. The normalized spacial score (nSPS) is 10.6. The minimum atomic E-state index is -0.141. The van der Waals surface area contributed by atoms with Crippen LogP contribution in [0.15, 0.2) is 55.1 Å². The predicted octanol–water partition coefficient (Wildman–Crippen LogP) is 2.48. The molecular formula is C22H25N5O2. The Morgan fingerprint density at radius 1 is 1.10 bits per heavy atom. The van der Waals surface area contributed by atoms with Gasteiger partial charge in [0.05, 0.1) is 6.20 Å². The van der Waals surface area contributed by atoms with Crippen LogP contribution in [0.1, 0.15) is 32.6 Å². The van der Waals surface area contributed by atoms with E-state index in [4.69, 9.17) is 0 Å². The number of carbonyl (C=O) groups is 2. The van der Waals surface area contributed by atoms with Crippen LogP contribution in [-0.4, -0.2) is 38.5 Å². The maximum atomic E-state index is 12.5. The van der Waals surface area contributed by atoms with Crippen LogP contribution in [0.4, 0.5) is 0 Å². The van der Waals surface area contributed by atoms with Crippen molar-refractivity contribution in [3.05, 3.63) is 82.9 Å². The number of nitrogens with one attached hydrogen (secondary N) is 1. The van der Waals surface area contributed by atoms with Gasteiger partial charge in [-0.2, -0.15) is 5.10 Å². The molecule has 7 nitrogen and oxygen atoms in total. The first kappa shape index (κ1) is 20.3. The van der Waals surface area contributed by atoms with Crippen LogP contribution in [-0.2, 0) is 24.4 Å². The van der Waals surface area contributed by atoms with Crippen LogP contribution < -0.4 is 5.32 Å². The molecule has 0 aliphatic heterocycles. The van der Waals surface area contributed by atoms with Crippen LogP contribution in [0.3, 0.4) is 0 Å². The van der Waals surface area contributed by atoms with E-state index in [0.717, 1.165) is 22.3 Å². The standard InChI is InChI=1S/C22H25N5O2/c1-16-10-25-27(13-16)15-21(28)26(3)14-19-7-5-4-6-18(19)12-24-22(29)20-8-9-23-11-17(20)2/h4-11,13H,12,14-15H2,1-3H3,(H,24,29). The zero-order valence-corrected chi connectivity index (χ0v) is 16.9. The zero-order valence-electron chi connectivity index (χ0n) is 16.9. The van der Waals surface area contributed by atoms with Crippen LogP contribution in [0.25, 0.3) is 0 Å². The van der Waals surface area contributed by atoms with E-state index in [-0.39, 0.29) is 18.4 Å². The minimum absolute atomic E-state index is 0.0284. The molecule has 0 fully saturated rings. The third kappa shape index (κ3) is 5.28. The van der Waals surface area contributed by atoms with Crippen molar-refractivity contribution in [3.63, 3.8) is 0 Å². The van der Waals surface area contributed by atoms with Gasteiger partial charge in [-0.05, 0) is 42.2 Å². The molecular weight excluding hydrogens is 366 g/mol. The van der Waals surface area contributed by atoms with E-state index < -0.39 is 0 Å². The second-order valence-corrected chi connectivity index (χ2v) is 7.11. The SMILES string of the molecule is Cc1cnn(CC(=O)N(C)Cc2ccccc2CNC(=O)c2ccncc2C)c1. The lowest BCUT2D eigenvalue weighted by Gasteiger charge is -2.19. The van der Waals surface area contributed by atoms with Crippen LogP contribution in [0.2, 0.25) is 0 Å². The molecule has 0 bridgehead atoms. The van der Waals surface area contributed by atoms with Crippen LogP contribution in [0.5, 0.6) is 0 Å². The molecule has 0 aliphatic carbocycles. The summed E-state index contributed by atoms with van der Waals surface area (Å²) >= 11 is 0. The lowest BCUT2D eigenvalue weighted by Crippen LogP contribution is -2.31. The van der Waals surface area contributed by atoms with Gasteiger partial charge in [-0.15, -0.1) is 0 Å². The fraction of sp³-hybridized carbons (Fsp3) is 0.273. The van der Waals surface area contributed by atoms with Gasteiger partial charge in [-0.25, -0.2) is 0 Å². The number of rotatable bonds is 7. The summed E-state index contributed by atoms with van der Waals surface area (Å²) in [7, 11) is 1.77. The van der Waals surface area contributed by atoms with Crippen molar-refractivity contribution < 1.29 is 9.59 Å². The highest BCUT2D eigenvalue weighted by molar-refractivity contribution is 5.95. The molecule has 0 spiro atoms. The van der Waals surface area contributed by atoms with Gasteiger partial charge >= 0.3 is 0 Å². The number of benzene rings is 1. The maximum Gasteiger partial charge on any atom is 0.251 e. The minimum Gasteiger partial charge on any atom is -0.348 e. The van der Waals surface area contributed by atoms with Crippen molar-refractivity contribution in [1.29, 1.82) is 0 Å². The van der Waals surface area contributed by atoms with Gasteiger partial charge in [0.2, 0.25) is 5.91 Å². The van der Waals surface area contributed by atoms with Crippen LogP contribution in [0, 0.1) is 13.8 Å². The number of nitrogens with zero attached hydrogens (tertiary/aromatic N) is 4. The Bertz CT molecular complexity index is 1010. The largest absolute Gasteiger partial charge is 0.348 e. The molecule has 0 aliphatic rings. The highest BCUT2D eigenvalue weighted by atomic mass is 16.2. The highest BCUT2D eigenvalue weighted by Gasteiger charge is 2.14. The Kier molecular flexibility index (Phi) is 6.39. The molecule has 0 saturated heterocycles. The van der Waals surface area contributed by atoms with Crippen molar-refractivity contribution in [1.82, 2.24) is 25.0 Å². The van der Waals surface area contributed by atoms with Crippen molar-refractivity contribution in [2.45, 2.75) is 33.5 Å². The van der Waals surface area contributed by atoms with Gasteiger partial charge in [-0.3, -0.25) is 19.3 Å². The number of hydrogen-bond acceptors (Lipinski definition) is 4. The molecule has 2 heterocycles. The summed E-state index contributed by atoms with van der Waals surface area (Å²) in [5.74, 6) is -0.169. The summed E-state index contributed by atoms with van der Waals surface area (Å²) in [6, 6.07) is 9.51. The number of amides is 2.